The Kier molecular flexibility index (Phi) is 2.60. The van der Waals surface area contributed by atoms with E-state index in [9.17, 15) is 9.90 Å². The quantitative estimate of drug-likeness (QED) is 0.407. The van der Waals surface area contributed by atoms with Crippen molar-refractivity contribution in [1.29, 1.82) is 0 Å². The van der Waals surface area contributed by atoms with Crippen LogP contribution in [0, 0.1) is 0 Å². The van der Waals surface area contributed by atoms with Crippen LogP contribution < -0.4 is 5.73 Å². The molecule has 3 N–H and O–H groups in total. The Morgan fingerprint density at radius 1 is 1.46 bits per heavy atom. The normalized spacial score (nSPS) is 14.6. The van der Waals surface area contributed by atoms with Crippen molar-refractivity contribution in [2.45, 2.75) is 5.72 Å². The molecule has 0 fully saturated rings. The first-order valence-electron chi connectivity index (χ1n) is 3.81. The van der Waals surface area contributed by atoms with Crippen LogP contribution in [0.1, 0.15) is 15.9 Å². The number of nitrogens with two attached hydrogens (primary N) is 1. The third-order valence-corrected chi connectivity index (χ3v) is 1.83. The summed E-state index contributed by atoms with van der Waals surface area (Å²) in [6.07, 6.45) is 1.84. The van der Waals surface area contributed by atoms with Gasteiger partial charge in [0.25, 0.3) is 0 Å². The number of carbonyl (C=O) groups is 1. The molecule has 0 aliphatic heterocycles. The molecule has 0 aromatic heterocycles. The fourth-order valence-electron chi connectivity index (χ4n) is 1.07. The lowest BCUT2D eigenvalue weighted by Crippen LogP contribution is -2.34. The molecule has 68 valence electrons. The first-order chi connectivity index (χ1) is 6.11. The second kappa shape index (κ2) is 3.51. The first-order valence-corrected chi connectivity index (χ1v) is 3.81. The highest BCUT2D eigenvalue weighted by Gasteiger charge is 2.21. The van der Waals surface area contributed by atoms with Crippen LogP contribution in [0.15, 0.2) is 36.9 Å². The Hall–Kier alpha value is -1.45. The standard InChI is InChI=1S/C10H11NO2/c1-2-10(11,13)9-6-4-3-5-8(9)7-12/h2-7,13H,1,11H2/t10-/m0/s1. The van der Waals surface area contributed by atoms with Gasteiger partial charge in [0, 0.05) is 11.1 Å². The smallest absolute Gasteiger partial charge is 0.159 e. The van der Waals surface area contributed by atoms with Gasteiger partial charge in [0.15, 0.2) is 12.0 Å². The van der Waals surface area contributed by atoms with Gasteiger partial charge in [-0.2, -0.15) is 0 Å². The molecule has 1 rings (SSSR count). The van der Waals surface area contributed by atoms with E-state index in [1.165, 1.54) is 6.08 Å². The second-order valence-electron chi connectivity index (χ2n) is 2.73. The van der Waals surface area contributed by atoms with Crippen LogP contribution in [0.4, 0.5) is 0 Å². The van der Waals surface area contributed by atoms with Gasteiger partial charge < -0.3 is 5.11 Å². The summed E-state index contributed by atoms with van der Waals surface area (Å²) in [6, 6.07) is 6.57. The summed E-state index contributed by atoms with van der Waals surface area (Å²) >= 11 is 0. The van der Waals surface area contributed by atoms with Gasteiger partial charge in [-0.25, -0.2) is 0 Å². The maximum Gasteiger partial charge on any atom is 0.159 e. The highest BCUT2D eigenvalue weighted by atomic mass is 16.3. The molecule has 3 nitrogen and oxygen atoms in total. The molecule has 1 aromatic rings. The van der Waals surface area contributed by atoms with Crippen molar-refractivity contribution in [1.82, 2.24) is 0 Å². The molecule has 0 heterocycles. The van der Waals surface area contributed by atoms with E-state index in [2.05, 4.69) is 6.58 Å². The summed E-state index contributed by atoms with van der Waals surface area (Å²) in [5, 5.41) is 9.61. The molecule has 0 radical (unpaired) electrons. The van der Waals surface area contributed by atoms with Gasteiger partial charge in [0.1, 0.15) is 0 Å². The molecule has 3 heteroatoms. The number of carbonyl (C=O) groups excluding carboxylic acids is 1. The summed E-state index contributed by atoms with van der Waals surface area (Å²) in [7, 11) is 0. The second-order valence-corrected chi connectivity index (χ2v) is 2.73. The highest BCUT2D eigenvalue weighted by Crippen LogP contribution is 2.19. The Balaban J connectivity index is 3.27. The number of hydrogen-bond acceptors (Lipinski definition) is 3. The molecular formula is C10H11NO2. The van der Waals surface area contributed by atoms with E-state index < -0.39 is 5.72 Å². The van der Waals surface area contributed by atoms with Crippen molar-refractivity contribution >= 4 is 6.29 Å². The molecule has 0 spiro atoms. The lowest BCUT2D eigenvalue weighted by Gasteiger charge is -2.20. The average Bonchev–Trinajstić information content (AvgIpc) is 2.18. The van der Waals surface area contributed by atoms with Crippen LogP contribution in [0.25, 0.3) is 0 Å². The SMILES string of the molecule is C=C[C@](N)(O)c1ccccc1C=O. The summed E-state index contributed by atoms with van der Waals surface area (Å²) in [5.41, 5.74) is 4.58. The minimum absolute atomic E-state index is 0.361. The fourth-order valence-corrected chi connectivity index (χ4v) is 1.07. The number of benzene rings is 1. The van der Waals surface area contributed by atoms with E-state index >= 15 is 0 Å². The third-order valence-electron chi connectivity index (χ3n) is 1.83. The molecule has 1 atom stereocenters. The van der Waals surface area contributed by atoms with Crippen LogP contribution in [-0.2, 0) is 5.72 Å². The zero-order valence-electron chi connectivity index (χ0n) is 7.10. The largest absolute Gasteiger partial charge is 0.368 e. The van der Waals surface area contributed by atoms with Gasteiger partial charge in [-0.1, -0.05) is 30.8 Å². The van der Waals surface area contributed by atoms with Crippen molar-refractivity contribution in [2.24, 2.45) is 5.73 Å². The Morgan fingerprint density at radius 2 is 2.08 bits per heavy atom. The summed E-state index contributed by atoms with van der Waals surface area (Å²) in [6.45, 7) is 3.39. The lowest BCUT2D eigenvalue weighted by molar-refractivity contribution is 0.0941. The zero-order chi connectivity index (χ0) is 9.90. The minimum atomic E-state index is -1.64. The maximum atomic E-state index is 10.6. The van der Waals surface area contributed by atoms with Gasteiger partial charge in [-0.05, 0) is 6.08 Å². The zero-order valence-corrected chi connectivity index (χ0v) is 7.10. The molecule has 13 heavy (non-hydrogen) atoms. The van der Waals surface area contributed by atoms with Gasteiger partial charge in [-0.3, -0.25) is 10.5 Å². The predicted molar refractivity (Wildman–Crippen MR) is 50.1 cm³/mol. The lowest BCUT2D eigenvalue weighted by atomic mass is 9.98. The molecule has 0 saturated carbocycles. The van der Waals surface area contributed by atoms with Crippen molar-refractivity contribution < 1.29 is 9.90 Å². The topological polar surface area (TPSA) is 63.3 Å². The summed E-state index contributed by atoms with van der Waals surface area (Å²) in [4.78, 5) is 10.6. The molecule has 0 aliphatic carbocycles. The summed E-state index contributed by atoms with van der Waals surface area (Å²) < 4.78 is 0. The minimum Gasteiger partial charge on any atom is -0.368 e. The Labute approximate surface area is 76.5 Å². The molecule has 0 saturated heterocycles. The first kappa shape index (κ1) is 9.64. The van der Waals surface area contributed by atoms with E-state index in [-0.39, 0.29) is 0 Å². The van der Waals surface area contributed by atoms with Crippen LogP contribution in [0.5, 0.6) is 0 Å². The number of aliphatic hydroxyl groups is 1. The number of rotatable bonds is 3. The highest BCUT2D eigenvalue weighted by molar-refractivity contribution is 5.77. The molecule has 0 bridgehead atoms. The van der Waals surface area contributed by atoms with Crippen LogP contribution in [0.3, 0.4) is 0 Å². The Bertz CT molecular complexity index is 331. The van der Waals surface area contributed by atoms with Crippen molar-refractivity contribution in [2.75, 3.05) is 0 Å². The Morgan fingerprint density at radius 3 is 2.62 bits per heavy atom. The van der Waals surface area contributed by atoms with E-state index in [4.69, 9.17) is 5.73 Å². The molecule has 0 aliphatic rings. The van der Waals surface area contributed by atoms with Crippen molar-refractivity contribution in [3.8, 4) is 0 Å². The molecular weight excluding hydrogens is 166 g/mol. The number of aldehydes is 1. The van der Waals surface area contributed by atoms with Crippen LogP contribution >= 0.6 is 0 Å². The summed E-state index contributed by atoms with van der Waals surface area (Å²) in [5.74, 6) is 0. The fraction of sp³-hybridized carbons (Fsp3) is 0.100. The van der Waals surface area contributed by atoms with Gasteiger partial charge in [-0.15, -0.1) is 0 Å². The van der Waals surface area contributed by atoms with E-state index in [1.807, 2.05) is 0 Å². The van der Waals surface area contributed by atoms with Gasteiger partial charge in [0.05, 0.1) is 0 Å². The molecule has 0 unspecified atom stereocenters. The maximum absolute atomic E-state index is 10.6. The third kappa shape index (κ3) is 1.83. The van der Waals surface area contributed by atoms with Crippen molar-refractivity contribution in [3.05, 3.63) is 48.0 Å². The van der Waals surface area contributed by atoms with Gasteiger partial charge >= 0.3 is 0 Å². The predicted octanol–water partition coefficient (Wildman–Crippen LogP) is 0.789. The van der Waals surface area contributed by atoms with E-state index in [1.54, 1.807) is 24.3 Å². The van der Waals surface area contributed by atoms with Crippen LogP contribution in [-0.4, -0.2) is 11.4 Å². The van der Waals surface area contributed by atoms with E-state index in [0.29, 0.717) is 17.4 Å². The number of hydrogen-bond donors (Lipinski definition) is 2. The van der Waals surface area contributed by atoms with Crippen molar-refractivity contribution in [3.63, 3.8) is 0 Å². The average molecular weight is 177 g/mol. The molecule has 1 aromatic carbocycles. The van der Waals surface area contributed by atoms with Crippen LogP contribution in [0.2, 0.25) is 0 Å². The molecule has 0 amide bonds. The van der Waals surface area contributed by atoms with E-state index in [0.717, 1.165) is 0 Å². The monoisotopic (exact) mass is 177 g/mol. The van der Waals surface area contributed by atoms with Gasteiger partial charge in [0.2, 0.25) is 0 Å².